The summed E-state index contributed by atoms with van der Waals surface area (Å²) in [5, 5.41) is 16.1. The van der Waals surface area contributed by atoms with Gasteiger partial charge in [-0.15, -0.1) is 0 Å². The highest BCUT2D eigenvalue weighted by molar-refractivity contribution is 5.79. The fourth-order valence-corrected chi connectivity index (χ4v) is 2.45. The molecule has 0 saturated heterocycles. The number of benzene rings is 1. The Hall–Kier alpha value is -2.75. The standard InChI is InChI=1S/C21H29F3N4O3/c1-5-25-19(28-12-18-26-11-17(31-18)20(2,3)4)27-10-15(29)13-30-16-8-6-7-14(9-16)21(22,23)24/h6-9,11,15,29H,5,10,12-13H2,1-4H3,(H2,25,27,28). The number of alkyl halides is 3. The molecular formula is C21H29F3N4O3. The average molecular weight is 442 g/mol. The minimum atomic E-state index is -4.45. The van der Waals surface area contributed by atoms with E-state index in [1.807, 2.05) is 27.7 Å². The minimum Gasteiger partial charge on any atom is -0.491 e. The van der Waals surface area contributed by atoms with E-state index in [9.17, 15) is 18.3 Å². The lowest BCUT2D eigenvalue weighted by Crippen LogP contribution is -2.42. The van der Waals surface area contributed by atoms with E-state index >= 15 is 0 Å². The topological polar surface area (TPSA) is 91.9 Å². The molecule has 7 nitrogen and oxygen atoms in total. The SMILES string of the molecule is CCNC(=NCc1ncc(C(C)(C)C)o1)NCC(O)COc1cccc(C(F)(F)F)c1. The molecule has 0 spiro atoms. The largest absolute Gasteiger partial charge is 0.491 e. The highest BCUT2D eigenvalue weighted by Crippen LogP contribution is 2.31. The van der Waals surface area contributed by atoms with Gasteiger partial charge in [-0.3, -0.25) is 0 Å². The zero-order valence-electron chi connectivity index (χ0n) is 18.1. The molecule has 2 aromatic rings. The monoisotopic (exact) mass is 442 g/mol. The highest BCUT2D eigenvalue weighted by Gasteiger charge is 2.30. The summed E-state index contributed by atoms with van der Waals surface area (Å²) in [5.41, 5.74) is -0.957. The molecule has 1 unspecified atom stereocenters. The second kappa shape index (κ2) is 10.5. The van der Waals surface area contributed by atoms with Gasteiger partial charge >= 0.3 is 6.18 Å². The molecule has 2 rings (SSSR count). The summed E-state index contributed by atoms with van der Waals surface area (Å²) in [6.07, 6.45) is -3.74. The molecule has 0 aliphatic rings. The van der Waals surface area contributed by atoms with Crippen LogP contribution in [0.2, 0.25) is 0 Å². The van der Waals surface area contributed by atoms with Crippen molar-refractivity contribution in [3.8, 4) is 5.75 Å². The van der Waals surface area contributed by atoms with E-state index in [1.165, 1.54) is 12.1 Å². The Morgan fingerprint density at radius 3 is 2.61 bits per heavy atom. The number of halogens is 3. The van der Waals surface area contributed by atoms with Crippen molar-refractivity contribution >= 4 is 5.96 Å². The maximum atomic E-state index is 12.8. The van der Waals surface area contributed by atoms with E-state index in [0.717, 1.165) is 17.9 Å². The normalized spacial score (nSPS) is 13.7. The summed E-state index contributed by atoms with van der Waals surface area (Å²) in [6, 6.07) is 4.52. The van der Waals surface area contributed by atoms with Crippen LogP contribution in [0, 0.1) is 0 Å². The summed E-state index contributed by atoms with van der Waals surface area (Å²) >= 11 is 0. The Morgan fingerprint density at radius 1 is 1.26 bits per heavy atom. The molecule has 0 aliphatic carbocycles. The Bertz CT molecular complexity index is 860. The molecule has 0 radical (unpaired) electrons. The van der Waals surface area contributed by atoms with Crippen LogP contribution in [0.4, 0.5) is 13.2 Å². The zero-order valence-corrected chi connectivity index (χ0v) is 18.1. The molecular weight excluding hydrogens is 413 g/mol. The first kappa shape index (κ1) is 24.5. The first-order chi connectivity index (χ1) is 14.5. The minimum absolute atomic E-state index is 0.0352. The second-order valence-corrected chi connectivity index (χ2v) is 7.93. The third-order valence-electron chi connectivity index (χ3n) is 4.12. The number of ether oxygens (including phenoxy) is 1. The van der Waals surface area contributed by atoms with Crippen molar-refractivity contribution in [1.29, 1.82) is 0 Å². The van der Waals surface area contributed by atoms with Gasteiger partial charge in [0, 0.05) is 18.5 Å². The number of aliphatic imine (C=N–C) groups is 1. The first-order valence-corrected chi connectivity index (χ1v) is 9.94. The van der Waals surface area contributed by atoms with Crippen LogP contribution in [-0.4, -0.2) is 41.9 Å². The van der Waals surface area contributed by atoms with Crippen LogP contribution >= 0.6 is 0 Å². The summed E-state index contributed by atoms with van der Waals surface area (Å²) < 4.78 is 49.3. The van der Waals surface area contributed by atoms with Crippen LogP contribution in [0.25, 0.3) is 0 Å². The second-order valence-electron chi connectivity index (χ2n) is 7.93. The quantitative estimate of drug-likeness (QED) is 0.428. The number of nitrogens with zero attached hydrogens (tertiary/aromatic N) is 2. The molecule has 3 N–H and O–H groups in total. The van der Waals surface area contributed by atoms with Gasteiger partial charge in [-0.2, -0.15) is 13.2 Å². The zero-order chi connectivity index (χ0) is 23.1. The molecule has 0 saturated carbocycles. The number of aliphatic hydroxyl groups excluding tert-OH is 1. The molecule has 31 heavy (non-hydrogen) atoms. The van der Waals surface area contributed by atoms with Crippen molar-refractivity contribution in [2.45, 2.75) is 51.9 Å². The van der Waals surface area contributed by atoms with E-state index in [1.54, 1.807) is 6.20 Å². The van der Waals surface area contributed by atoms with Gasteiger partial charge in [0.1, 0.15) is 30.8 Å². The van der Waals surface area contributed by atoms with Gasteiger partial charge in [0.15, 0.2) is 5.96 Å². The number of hydrogen-bond acceptors (Lipinski definition) is 5. The number of oxazole rings is 1. The molecule has 1 atom stereocenters. The van der Waals surface area contributed by atoms with Gasteiger partial charge < -0.3 is 24.9 Å². The lowest BCUT2D eigenvalue weighted by atomic mass is 9.94. The van der Waals surface area contributed by atoms with E-state index in [-0.39, 0.29) is 30.9 Å². The molecule has 1 aromatic carbocycles. The maximum Gasteiger partial charge on any atom is 0.416 e. The summed E-state index contributed by atoms with van der Waals surface area (Å²) in [5.74, 6) is 1.71. The third kappa shape index (κ3) is 8.12. The predicted molar refractivity (Wildman–Crippen MR) is 111 cm³/mol. The molecule has 0 amide bonds. The molecule has 0 aliphatic heterocycles. The van der Waals surface area contributed by atoms with Gasteiger partial charge in [-0.25, -0.2) is 9.98 Å². The Morgan fingerprint density at radius 2 is 2.00 bits per heavy atom. The van der Waals surface area contributed by atoms with Crippen LogP contribution in [0.15, 0.2) is 39.9 Å². The van der Waals surface area contributed by atoms with E-state index in [0.29, 0.717) is 18.4 Å². The summed E-state index contributed by atoms with van der Waals surface area (Å²) in [4.78, 5) is 8.59. The van der Waals surface area contributed by atoms with E-state index in [4.69, 9.17) is 9.15 Å². The number of aromatic nitrogens is 1. The van der Waals surface area contributed by atoms with Crippen LogP contribution in [0.1, 0.15) is 44.9 Å². The van der Waals surface area contributed by atoms with Crippen molar-refractivity contribution < 1.29 is 27.4 Å². The van der Waals surface area contributed by atoms with Crippen LogP contribution in [-0.2, 0) is 18.1 Å². The van der Waals surface area contributed by atoms with Crippen molar-refractivity contribution in [2.75, 3.05) is 19.7 Å². The van der Waals surface area contributed by atoms with Crippen LogP contribution < -0.4 is 15.4 Å². The molecule has 0 bridgehead atoms. The average Bonchev–Trinajstić information content (AvgIpc) is 3.18. The van der Waals surface area contributed by atoms with Crippen molar-refractivity contribution in [2.24, 2.45) is 4.99 Å². The van der Waals surface area contributed by atoms with Crippen molar-refractivity contribution in [3.05, 3.63) is 47.7 Å². The van der Waals surface area contributed by atoms with Gasteiger partial charge in [-0.1, -0.05) is 26.8 Å². The summed E-state index contributed by atoms with van der Waals surface area (Å²) in [6.45, 7) is 8.68. The summed E-state index contributed by atoms with van der Waals surface area (Å²) in [7, 11) is 0. The Labute approximate surface area is 179 Å². The first-order valence-electron chi connectivity index (χ1n) is 9.94. The molecule has 172 valence electrons. The number of rotatable bonds is 8. The lowest BCUT2D eigenvalue weighted by Gasteiger charge is -2.16. The fourth-order valence-electron chi connectivity index (χ4n) is 2.45. The van der Waals surface area contributed by atoms with Gasteiger partial charge in [0.05, 0.1) is 11.8 Å². The number of guanidine groups is 1. The molecule has 10 heteroatoms. The Balaban J connectivity index is 1.87. The van der Waals surface area contributed by atoms with E-state index < -0.39 is 17.8 Å². The Kier molecular flexibility index (Phi) is 8.32. The van der Waals surface area contributed by atoms with Gasteiger partial charge in [0.25, 0.3) is 0 Å². The smallest absolute Gasteiger partial charge is 0.416 e. The van der Waals surface area contributed by atoms with Crippen molar-refractivity contribution in [3.63, 3.8) is 0 Å². The number of aliphatic hydroxyl groups is 1. The fraction of sp³-hybridized carbons (Fsp3) is 0.524. The number of nitrogens with one attached hydrogen (secondary N) is 2. The van der Waals surface area contributed by atoms with Gasteiger partial charge in [-0.05, 0) is 25.1 Å². The number of hydrogen-bond donors (Lipinski definition) is 3. The third-order valence-corrected chi connectivity index (χ3v) is 4.12. The molecule has 1 heterocycles. The molecule has 0 fully saturated rings. The van der Waals surface area contributed by atoms with Crippen LogP contribution in [0.3, 0.4) is 0 Å². The maximum absolute atomic E-state index is 12.8. The van der Waals surface area contributed by atoms with Gasteiger partial charge in [0.2, 0.25) is 5.89 Å². The van der Waals surface area contributed by atoms with Crippen molar-refractivity contribution in [1.82, 2.24) is 15.6 Å². The lowest BCUT2D eigenvalue weighted by molar-refractivity contribution is -0.137. The van der Waals surface area contributed by atoms with E-state index in [2.05, 4.69) is 20.6 Å². The van der Waals surface area contributed by atoms with Crippen LogP contribution in [0.5, 0.6) is 5.75 Å². The predicted octanol–water partition coefficient (Wildman–Crippen LogP) is 3.49. The molecule has 1 aromatic heterocycles. The highest BCUT2D eigenvalue weighted by atomic mass is 19.4.